The first-order valence-electron chi connectivity index (χ1n) is 4.71. The number of ether oxygens (including phenoxy) is 1. The molecule has 1 aromatic heterocycles. The van der Waals surface area contributed by atoms with Gasteiger partial charge in [-0.2, -0.15) is 0 Å². The quantitative estimate of drug-likeness (QED) is 0.440. The van der Waals surface area contributed by atoms with E-state index < -0.39 is 0 Å². The second kappa shape index (κ2) is 5.99. The third kappa shape index (κ3) is 2.75. The number of methoxy groups -OCH3 is 1. The van der Waals surface area contributed by atoms with Gasteiger partial charge in [-0.05, 0) is 75.9 Å². The Hall–Kier alpha value is 0.700. The van der Waals surface area contributed by atoms with E-state index in [1.807, 2.05) is 12.1 Å². The molecule has 2 aromatic rings. The van der Waals surface area contributed by atoms with Crippen LogP contribution in [0.15, 0.2) is 34.6 Å². The van der Waals surface area contributed by atoms with Crippen LogP contribution in [0.25, 0.3) is 11.3 Å². The number of aromatic amines is 1. The molecule has 1 aromatic carbocycles. The van der Waals surface area contributed by atoms with Gasteiger partial charge in [0.25, 0.3) is 0 Å². The molecule has 2 rings (SSSR count). The molecule has 0 aliphatic rings. The number of hydrogen-bond donors (Lipinski definition) is 1. The van der Waals surface area contributed by atoms with Crippen molar-refractivity contribution in [3.05, 3.63) is 34.6 Å². The highest BCUT2D eigenvalue weighted by molar-refractivity contribution is 9.14. The third-order valence-electron chi connectivity index (χ3n) is 2.32. The van der Waals surface area contributed by atoms with E-state index in [4.69, 9.17) is 4.74 Å². The Balaban J connectivity index is 2.73. The van der Waals surface area contributed by atoms with Gasteiger partial charge >= 0.3 is 0 Å². The Labute approximate surface area is 147 Å². The van der Waals surface area contributed by atoms with Crippen LogP contribution in [0.1, 0.15) is 0 Å². The molecule has 0 aliphatic carbocycles. The van der Waals surface area contributed by atoms with Crippen LogP contribution < -0.4 is 4.74 Å². The van der Waals surface area contributed by atoms with Gasteiger partial charge in [0.05, 0.1) is 30.8 Å². The van der Waals surface area contributed by atoms with Crippen LogP contribution in [-0.2, 0) is 0 Å². The van der Waals surface area contributed by atoms with Crippen LogP contribution in [0, 0.1) is 0 Å². The molecule has 1 N–H and O–H groups in total. The molecule has 1 heterocycles. The van der Waals surface area contributed by atoms with Crippen molar-refractivity contribution in [2.45, 2.75) is 0 Å². The summed E-state index contributed by atoms with van der Waals surface area (Å²) in [6.07, 6.45) is 0. The molecule has 0 radical (unpaired) electrons. The predicted octanol–water partition coefficient (Wildman–Crippen LogP) is 6.50. The molecule has 0 atom stereocenters. The molecule has 0 bridgehead atoms. The summed E-state index contributed by atoms with van der Waals surface area (Å²) in [7, 11) is 1.65. The second-order valence-electron chi connectivity index (χ2n) is 3.41. The number of halogens is 5. The van der Waals surface area contributed by atoms with Gasteiger partial charge in [-0.15, -0.1) is 0 Å². The van der Waals surface area contributed by atoms with Crippen LogP contribution >= 0.6 is 79.6 Å². The van der Waals surface area contributed by atoms with Crippen molar-refractivity contribution in [1.82, 2.24) is 4.98 Å². The minimum atomic E-state index is 0.778. The molecule has 2 nitrogen and oxygen atoms in total. The summed E-state index contributed by atoms with van der Waals surface area (Å²) in [6, 6.07) is 3.95. The van der Waals surface area contributed by atoms with Crippen LogP contribution in [0.3, 0.4) is 0 Å². The molecule has 18 heavy (non-hydrogen) atoms. The number of rotatable bonds is 2. The van der Waals surface area contributed by atoms with Crippen molar-refractivity contribution < 1.29 is 4.74 Å². The fourth-order valence-electron chi connectivity index (χ4n) is 1.56. The number of nitrogens with one attached hydrogen (secondary N) is 1. The highest BCUT2D eigenvalue weighted by Gasteiger charge is 2.18. The van der Waals surface area contributed by atoms with Gasteiger partial charge in [0.15, 0.2) is 0 Å². The molecule has 0 saturated heterocycles. The standard InChI is InChI=1S/C11H6Br5NO/c1-18-10-5(2-4(12)3-6(10)13)9-7(14)8(15)11(16)17-9/h2-3,17H,1H3. The maximum absolute atomic E-state index is 5.45. The Morgan fingerprint density at radius 2 is 1.67 bits per heavy atom. The lowest BCUT2D eigenvalue weighted by atomic mass is 10.1. The van der Waals surface area contributed by atoms with E-state index in [0.717, 1.165) is 39.5 Å². The van der Waals surface area contributed by atoms with E-state index in [0.29, 0.717) is 0 Å². The molecule has 0 aliphatic heterocycles. The normalized spacial score (nSPS) is 10.8. The Kier molecular flexibility index (Phi) is 5.03. The molecular formula is C11H6Br5NO. The molecule has 0 saturated carbocycles. The predicted molar refractivity (Wildman–Crippen MR) is 91.3 cm³/mol. The van der Waals surface area contributed by atoms with Crippen molar-refractivity contribution in [1.29, 1.82) is 0 Å². The lowest BCUT2D eigenvalue weighted by Crippen LogP contribution is -1.90. The van der Waals surface area contributed by atoms with Crippen LogP contribution in [0.5, 0.6) is 5.75 Å². The van der Waals surface area contributed by atoms with E-state index in [1.54, 1.807) is 7.11 Å². The summed E-state index contributed by atoms with van der Waals surface area (Å²) in [5.41, 5.74) is 1.89. The summed E-state index contributed by atoms with van der Waals surface area (Å²) in [5, 5.41) is 0. The fraction of sp³-hybridized carbons (Fsp3) is 0.0909. The van der Waals surface area contributed by atoms with Crippen LogP contribution in [0.2, 0.25) is 0 Å². The highest BCUT2D eigenvalue weighted by atomic mass is 79.9. The number of H-pyrrole nitrogens is 1. The van der Waals surface area contributed by atoms with Crippen molar-refractivity contribution >= 4 is 79.6 Å². The van der Waals surface area contributed by atoms with Crippen molar-refractivity contribution in [3.8, 4) is 17.0 Å². The lowest BCUT2D eigenvalue weighted by Gasteiger charge is -2.10. The Bertz CT molecular complexity index is 608. The first kappa shape index (κ1) is 15.1. The van der Waals surface area contributed by atoms with Gasteiger partial charge in [0, 0.05) is 10.0 Å². The number of aromatic nitrogens is 1. The molecule has 0 unspecified atom stereocenters. The van der Waals surface area contributed by atoms with Gasteiger partial charge in [0.1, 0.15) is 5.75 Å². The van der Waals surface area contributed by atoms with E-state index in [-0.39, 0.29) is 0 Å². The Morgan fingerprint density at radius 1 is 1.00 bits per heavy atom. The largest absolute Gasteiger partial charge is 0.495 e. The van der Waals surface area contributed by atoms with Crippen LogP contribution in [-0.4, -0.2) is 12.1 Å². The zero-order valence-corrected chi connectivity index (χ0v) is 16.9. The molecule has 0 amide bonds. The fourth-order valence-corrected chi connectivity index (χ4v) is 4.42. The molecule has 7 heteroatoms. The summed E-state index contributed by atoms with van der Waals surface area (Å²) >= 11 is 17.5. The highest BCUT2D eigenvalue weighted by Crippen LogP contribution is 2.45. The molecular weight excluding hydrogens is 562 g/mol. The number of benzene rings is 1. The topological polar surface area (TPSA) is 25.0 Å². The van der Waals surface area contributed by atoms with E-state index in [9.17, 15) is 0 Å². The second-order valence-corrected chi connectivity index (χ2v) is 7.56. The SMILES string of the molecule is COc1c(Br)cc(Br)cc1-c1[nH]c(Br)c(Br)c1Br. The average Bonchev–Trinajstić information content (AvgIpc) is 2.56. The third-order valence-corrected chi connectivity index (χ3v) is 6.61. The molecule has 0 spiro atoms. The minimum absolute atomic E-state index is 0.778. The average molecular weight is 568 g/mol. The van der Waals surface area contributed by atoms with Gasteiger partial charge < -0.3 is 9.72 Å². The number of hydrogen-bond acceptors (Lipinski definition) is 1. The van der Waals surface area contributed by atoms with Gasteiger partial charge in [-0.1, -0.05) is 15.9 Å². The lowest BCUT2D eigenvalue weighted by molar-refractivity contribution is 0.413. The summed E-state index contributed by atoms with van der Waals surface area (Å²) in [5.74, 6) is 0.778. The van der Waals surface area contributed by atoms with Gasteiger partial charge in [0.2, 0.25) is 0 Å². The molecule has 0 fully saturated rings. The van der Waals surface area contributed by atoms with Crippen molar-refractivity contribution in [3.63, 3.8) is 0 Å². The van der Waals surface area contributed by atoms with E-state index in [1.165, 1.54) is 0 Å². The van der Waals surface area contributed by atoms with Crippen LogP contribution in [0.4, 0.5) is 0 Å². The smallest absolute Gasteiger partial charge is 0.142 e. The van der Waals surface area contributed by atoms with Crippen molar-refractivity contribution in [2.75, 3.05) is 7.11 Å². The zero-order valence-electron chi connectivity index (χ0n) is 8.95. The molecule has 96 valence electrons. The Morgan fingerprint density at radius 3 is 2.17 bits per heavy atom. The maximum Gasteiger partial charge on any atom is 0.142 e. The van der Waals surface area contributed by atoms with E-state index >= 15 is 0 Å². The van der Waals surface area contributed by atoms with E-state index in [2.05, 4.69) is 84.6 Å². The maximum atomic E-state index is 5.45. The first-order valence-corrected chi connectivity index (χ1v) is 8.68. The zero-order chi connectivity index (χ0) is 13.4. The summed E-state index contributed by atoms with van der Waals surface area (Å²) in [4.78, 5) is 3.26. The monoisotopic (exact) mass is 563 g/mol. The van der Waals surface area contributed by atoms with Gasteiger partial charge in [-0.25, -0.2) is 0 Å². The summed E-state index contributed by atoms with van der Waals surface area (Å²) < 4.78 is 10.1. The van der Waals surface area contributed by atoms with Crippen molar-refractivity contribution in [2.24, 2.45) is 0 Å². The summed E-state index contributed by atoms with van der Waals surface area (Å²) in [6.45, 7) is 0. The first-order chi connectivity index (χ1) is 8.45. The minimum Gasteiger partial charge on any atom is -0.495 e. The van der Waals surface area contributed by atoms with Gasteiger partial charge in [-0.3, -0.25) is 0 Å².